The van der Waals surface area contributed by atoms with Gasteiger partial charge in [-0.15, -0.1) is 0 Å². The number of hydrogen-bond donors (Lipinski definition) is 3. The number of carboxylic acid groups (broad SMARTS) is 1. The number of likely N-dealkylation sites (tertiary alicyclic amines) is 1. The van der Waals surface area contributed by atoms with Gasteiger partial charge in [0.25, 0.3) is 0 Å². The summed E-state index contributed by atoms with van der Waals surface area (Å²) < 4.78 is 11.4. The summed E-state index contributed by atoms with van der Waals surface area (Å²) in [7, 11) is -0.943. The van der Waals surface area contributed by atoms with Crippen LogP contribution in [0.2, 0.25) is 5.82 Å². The standard InChI is InChI=1S/C16H17BN4O5/c22-16(23)14-12(2-1-9-10-3-11(10)17(24)26-15(9)14)25-8-4-21(5-8)6-13-18-7-19-20-13/h1-2,7-8,10-11,24H,3-6H2,(H,22,23)(H,18,19,20)/t10?,11-/m1/s1. The van der Waals surface area contributed by atoms with E-state index in [9.17, 15) is 14.9 Å². The van der Waals surface area contributed by atoms with Crippen LogP contribution in [0.3, 0.4) is 0 Å². The lowest BCUT2D eigenvalue weighted by Gasteiger charge is -2.38. The third-order valence-corrected chi connectivity index (χ3v) is 5.26. The van der Waals surface area contributed by atoms with Gasteiger partial charge >= 0.3 is 13.1 Å². The second-order valence-corrected chi connectivity index (χ2v) is 7.03. The molecule has 0 spiro atoms. The number of hydrogen-bond acceptors (Lipinski definition) is 7. The summed E-state index contributed by atoms with van der Waals surface area (Å²) in [5.74, 6) is 0.390. The molecule has 3 N–H and O–H groups in total. The van der Waals surface area contributed by atoms with Gasteiger partial charge in [-0.3, -0.25) is 10.00 Å². The van der Waals surface area contributed by atoms with Gasteiger partial charge < -0.3 is 19.5 Å². The number of aromatic carboxylic acids is 1. The molecule has 2 atom stereocenters. The number of aromatic nitrogens is 3. The third-order valence-electron chi connectivity index (χ3n) is 5.26. The topological polar surface area (TPSA) is 121 Å². The van der Waals surface area contributed by atoms with Gasteiger partial charge in [-0.1, -0.05) is 6.07 Å². The molecule has 1 saturated carbocycles. The predicted molar refractivity (Wildman–Crippen MR) is 89.2 cm³/mol. The number of nitrogens with zero attached hydrogens (tertiary/aromatic N) is 3. The van der Waals surface area contributed by atoms with Crippen LogP contribution in [-0.2, 0) is 6.54 Å². The lowest BCUT2D eigenvalue weighted by atomic mass is 9.77. The highest BCUT2D eigenvalue weighted by atomic mass is 16.5. The molecule has 10 heteroatoms. The SMILES string of the molecule is O=C(O)c1c(OC2CN(Cc3nc[nH]n3)C2)ccc2c1OB(O)[C@@H]1CC21. The van der Waals surface area contributed by atoms with Crippen molar-refractivity contribution in [1.29, 1.82) is 0 Å². The number of carbonyl (C=O) groups is 1. The third kappa shape index (κ3) is 2.53. The Bertz CT molecular complexity index is 855. The van der Waals surface area contributed by atoms with Gasteiger partial charge in [0.1, 0.15) is 29.5 Å². The van der Waals surface area contributed by atoms with E-state index in [1.54, 1.807) is 6.07 Å². The van der Waals surface area contributed by atoms with Crippen molar-refractivity contribution in [2.45, 2.75) is 30.8 Å². The Morgan fingerprint density at radius 1 is 1.46 bits per heavy atom. The zero-order chi connectivity index (χ0) is 17.8. The maximum atomic E-state index is 11.8. The molecule has 0 radical (unpaired) electrons. The van der Waals surface area contributed by atoms with Gasteiger partial charge in [-0.25, -0.2) is 9.78 Å². The predicted octanol–water partition coefficient (Wildman–Crippen LogP) is 0.496. The van der Waals surface area contributed by atoms with Crippen LogP contribution in [-0.4, -0.2) is 62.5 Å². The summed E-state index contributed by atoms with van der Waals surface area (Å²) in [6.45, 7) is 1.95. The highest BCUT2D eigenvalue weighted by Gasteiger charge is 2.54. The van der Waals surface area contributed by atoms with Crippen LogP contribution in [0.25, 0.3) is 0 Å². The quantitative estimate of drug-likeness (QED) is 0.662. The van der Waals surface area contributed by atoms with E-state index in [0.717, 1.165) is 12.0 Å². The van der Waals surface area contributed by atoms with E-state index in [1.807, 2.05) is 6.07 Å². The molecule has 9 nitrogen and oxygen atoms in total. The molecule has 2 aromatic rings. The Labute approximate surface area is 149 Å². The fourth-order valence-electron chi connectivity index (χ4n) is 3.81. The van der Waals surface area contributed by atoms with Crippen LogP contribution in [0.1, 0.15) is 34.1 Å². The summed E-state index contributed by atoms with van der Waals surface area (Å²) in [6.07, 6.45) is 2.26. The maximum absolute atomic E-state index is 11.8. The maximum Gasteiger partial charge on any atom is 0.526 e. The molecule has 0 bridgehead atoms. The van der Waals surface area contributed by atoms with E-state index in [2.05, 4.69) is 20.1 Å². The summed E-state index contributed by atoms with van der Waals surface area (Å²) in [4.78, 5) is 18.0. The number of aromatic amines is 1. The summed E-state index contributed by atoms with van der Waals surface area (Å²) in [5, 5.41) is 26.3. The Kier molecular flexibility index (Phi) is 3.44. The molecule has 1 unspecified atom stereocenters. The molecule has 1 aromatic carbocycles. The Balaban J connectivity index is 1.32. The van der Waals surface area contributed by atoms with Crippen LogP contribution in [0.5, 0.6) is 11.5 Å². The lowest BCUT2D eigenvalue weighted by Crippen LogP contribution is -2.53. The zero-order valence-electron chi connectivity index (χ0n) is 13.8. The number of H-pyrrole nitrogens is 1. The first-order valence-electron chi connectivity index (χ1n) is 8.58. The molecule has 5 rings (SSSR count). The summed E-state index contributed by atoms with van der Waals surface area (Å²) in [5.41, 5.74) is 0.851. The van der Waals surface area contributed by atoms with Crippen molar-refractivity contribution in [1.82, 2.24) is 20.1 Å². The van der Waals surface area contributed by atoms with E-state index >= 15 is 0 Å². The largest absolute Gasteiger partial charge is 0.535 e. The fourth-order valence-corrected chi connectivity index (χ4v) is 3.81. The number of ether oxygens (including phenoxy) is 1. The van der Waals surface area contributed by atoms with Crippen LogP contribution < -0.4 is 9.39 Å². The van der Waals surface area contributed by atoms with Gasteiger partial charge in [-0.2, -0.15) is 5.10 Å². The van der Waals surface area contributed by atoms with Crippen molar-refractivity contribution in [3.63, 3.8) is 0 Å². The molecule has 3 heterocycles. The van der Waals surface area contributed by atoms with Gasteiger partial charge in [0.05, 0.1) is 6.54 Å². The fraction of sp³-hybridized carbons (Fsp3) is 0.438. The molecule has 1 aromatic heterocycles. The molecule has 2 fully saturated rings. The van der Waals surface area contributed by atoms with Crippen molar-refractivity contribution in [3.05, 3.63) is 35.4 Å². The zero-order valence-corrected chi connectivity index (χ0v) is 13.8. The van der Waals surface area contributed by atoms with E-state index in [0.29, 0.717) is 25.5 Å². The van der Waals surface area contributed by atoms with Crippen LogP contribution in [0.15, 0.2) is 18.5 Å². The molecule has 2 aliphatic heterocycles. The number of carboxylic acids is 1. The van der Waals surface area contributed by atoms with Gasteiger partial charge in [0.2, 0.25) is 0 Å². The van der Waals surface area contributed by atoms with E-state index in [1.165, 1.54) is 6.33 Å². The average Bonchev–Trinajstić information content (AvgIpc) is 3.22. The second-order valence-electron chi connectivity index (χ2n) is 7.03. The highest BCUT2D eigenvalue weighted by molar-refractivity contribution is 6.48. The van der Waals surface area contributed by atoms with Crippen molar-refractivity contribution in [2.24, 2.45) is 0 Å². The Morgan fingerprint density at radius 2 is 2.31 bits per heavy atom. The van der Waals surface area contributed by atoms with Crippen molar-refractivity contribution in [2.75, 3.05) is 13.1 Å². The summed E-state index contributed by atoms with van der Waals surface area (Å²) >= 11 is 0. The molecule has 134 valence electrons. The minimum atomic E-state index is -1.11. The minimum Gasteiger partial charge on any atom is -0.535 e. The van der Waals surface area contributed by atoms with Gasteiger partial charge in [0.15, 0.2) is 5.82 Å². The highest BCUT2D eigenvalue weighted by Crippen LogP contribution is 2.60. The van der Waals surface area contributed by atoms with Crippen molar-refractivity contribution in [3.8, 4) is 11.5 Å². The first-order valence-corrected chi connectivity index (χ1v) is 8.58. The molecule has 1 aliphatic carbocycles. The average molecular weight is 356 g/mol. The van der Waals surface area contributed by atoms with Crippen molar-refractivity contribution < 1.29 is 24.3 Å². The van der Waals surface area contributed by atoms with Crippen LogP contribution >= 0.6 is 0 Å². The molecule has 0 amide bonds. The normalized spacial score (nSPS) is 24.3. The Morgan fingerprint density at radius 3 is 3.04 bits per heavy atom. The number of fused-ring (bicyclic) bond motifs is 3. The van der Waals surface area contributed by atoms with Crippen LogP contribution in [0, 0.1) is 0 Å². The second kappa shape index (κ2) is 5.71. The molecule has 3 aliphatic rings. The number of nitrogens with one attached hydrogen (secondary N) is 1. The Hall–Kier alpha value is -2.59. The number of rotatable bonds is 5. The molecular weight excluding hydrogens is 339 g/mol. The number of benzene rings is 1. The van der Waals surface area contributed by atoms with Crippen LogP contribution in [0.4, 0.5) is 0 Å². The summed E-state index contributed by atoms with van der Waals surface area (Å²) in [6, 6.07) is 3.56. The van der Waals surface area contributed by atoms with E-state index < -0.39 is 13.1 Å². The van der Waals surface area contributed by atoms with Gasteiger partial charge in [-0.05, 0) is 24.0 Å². The van der Waals surface area contributed by atoms with Gasteiger partial charge in [0, 0.05) is 18.9 Å². The molecular formula is C16H17BN4O5. The molecule has 26 heavy (non-hydrogen) atoms. The van der Waals surface area contributed by atoms with E-state index in [-0.39, 0.29) is 34.9 Å². The lowest BCUT2D eigenvalue weighted by molar-refractivity contribution is 0.0120. The monoisotopic (exact) mass is 356 g/mol. The first kappa shape index (κ1) is 15.7. The minimum absolute atomic E-state index is 0.000632. The smallest absolute Gasteiger partial charge is 0.526 e. The van der Waals surface area contributed by atoms with Crippen molar-refractivity contribution >= 4 is 13.1 Å². The molecule has 1 saturated heterocycles. The first-order chi connectivity index (χ1) is 12.6. The van der Waals surface area contributed by atoms with E-state index in [4.69, 9.17) is 9.39 Å².